The molecule has 3 atom stereocenters. The van der Waals surface area contributed by atoms with Crippen molar-refractivity contribution in [2.24, 2.45) is 5.92 Å². The van der Waals surface area contributed by atoms with E-state index in [9.17, 15) is 18.0 Å². The van der Waals surface area contributed by atoms with E-state index in [1.807, 2.05) is 0 Å². The normalized spacial score (nSPS) is 27.7. The summed E-state index contributed by atoms with van der Waals surface area (Å²) in [5.41, 5.74) is -0.856. The number of halogens is 3. The number of carbonyl (C=O) groups is 1. The minimum atomic E-state index is -4.40. The summed E-state index contributed by atoms with van der Waals surface area (Å²) < 4.78 is 37.4. The van der Waals surface area contributed by atoms with Crippen LogP contribution in [-0.2, 0) is 17.4 Å². The first kappa shape index (κ1) is 16.7. The van der Waals surface area contributed by atoms with Crippen LogP contribution in [0, 0.1) is 5.92 Å². The molecule has 0 radical (unpaired) electrons. The van der Waals surface area contributed by atoms with Crippen LogP contribution >= 0.6 is 11.3 Å². The van der Waals surface area contributed by atoms with Gasteiger partial charge in [-0.2, -0.15) is 13.2 Å². The van der Waals surface area contributed by atoms with Crippen LogP contribution in [0.25, 0.3) is 0 Å². The predicted molar refractivity (Wildman–Crippen MR) is 81.1 cm³/mol. The van der Waals surface area contributed by atoms with Crippen molar-refractivity contribution in [1.29, 1.82) is 0 Å². The molecule has 1 aliphatic carbocycles. The van der Waals surface area contributed by atoms with E-state index in [0.29, 0.717) is 29.9 Å². The molecule has 0 bridgehead atoms. The lowest BCUT2D eigenvalue weighted by Crippen LogP contribution is -2.43. The molecule has 2 N–H and O–H groups in total. The highest BCUT2D eigenvalue weighted by atomic mass is 32.1. The van der Waals surface area contributed by atoms with Gasteiger partial charge in [-0.1, -0.05) is 12.8 Å². The van der Waals surface area contributed by atoms with Crippen LogP contribution in [0.4, 0.5) is 13.2 Å². The predicted octanol–water partition coefficient (Wildman–Crippen LogP) is 2.74. The third-order valence-electron chi connectivity index (χ3n) is 4.66. The Bertz CT molecular complexity index is 546. The number of aromatic nitrogens is 1. The van der Waals surface area contributed by atoms with E-state index in [1.54, 1.807) is 0 Å². The second-order valence-electron chi connectivity index (χ2n) is 6.27. The van der Waals surface area contributed by atoms with Gasteiger partial charge >= 0.3 is 6.18 Å². The van der Waals surface area contributed by atoms with Crippen LogP contribution in [-0.4, -0.2) is 29.5 Å². The van der Waals surface area contributed by atoms with Crippen molar-refractivity contribution in [3.05, 3.63) is 16.1 Å². The van der Waals surface area contributed by atoms with Crippen molar-refractivity contribution < 1.29 is 18.0 Å². The molecule has 0 aromatic carbocycles. The lowest BCUT2D eigenvalue weighted by Gasteiger charge is -2.24. The van der Waals surface area contributed by atoms with Gasteiger partial charge in [0.15, 0.2) is 5.69 Å². The Labute approximate surface area is 136 Å². The molecule has 1 aliphatic heterocycles. The van der Waals surface area contributed by atoms with Crippen LogP contribution in [0.3, 0.4) is 0 Å². The fourth-order valence-electron chi connectivity index (χ4n) is 3.49. The van der Waals surface area contributed by atoms with Crippen molar-refractivity contribution in [3.63, 3.8) is 0 Å². The van der Waals surface area contributed by atoms with Gasteiger partial charge < -0.3 is 10.6 Å². The van der Waals surface area contributed by atoms with Gasteiger partial charge in [-0.15, -0.1) is 11.3 Å². The lowest BCUT2D eigenvalue weighted by atomic mass is 9.85. The Morgan fingerprint density at radius 3 is 2.87 bits per heavy atom. The Morgan fingerprint density at radius 2 is 2.17 bits per heavy atom. The Hall–Kier alpha value is -1.15. The van der Waals surface area contributed by atoms with Gasteiger partial charge in [0, 0.05) is 24.4 Å². The maximum atomic E-state index is 12.5. The van der Waals surface area contributed by atoms with Crippen molar-refractivity contribution >= 4 is 17.2 Å². The first-order chi connectivity index (χ1) is 10.9. The van der Waals surface area contributed by atoms with Gasteiger partial charge in [0.2, 0.25) is 5.91 Å². The Morgan fingerprint density at radius 1 is 1.39 bits per heavy atom. The maximum Gasteiger partial charge on any atom is 0.434 e. The van der Waals surface area contributed by atoms with E-state index < -0.39 is 11.9 Å². The van der Waals surface area contributed by atoms with E-state index in [-0.39, 0.29) is 11.9 Å². The first-order valence-corrected chi connectivity index (χ1v) is 8.87. The largest absolute Gasteiger partial charge is 0.434 e. The molecule has 4 nitrogen and oxygen atoms in total. The lowest BCUT2D eigenvalue weighted by molar-refractivity contribution is -0.140. The molecule has 1 saturated heterocycles. The van der Waals surface area contributed by atoms with Crippen molar-refractivity contribution in [3.8, 4) is 0 Å². The summed E-state index contributed by atoms with van der Waals surface area (Å²) in [6.07, 6.45) is 1.56. The molecule has 2 fully saturated rings. The minimum absolute atomic E-state index is 0.0491. The summed E-state index contributed by atoms with van der Waals surface area (Å²) in [6.45, 7) is 0.317. The summed E-state index contributed by atoms with van der Waals surface area (Å²) in [5, 5.41) is 7.61. The molecule has 8 heteroatoms. The molecule has 0 spiro atoms. The zero-order chi connectivity index (χ0) is 16.4. The quantitative estimate of drug-likeness (QED) is 0.881. The molecule has 23 heavy (non-hydrogen) atoms. The summed E-state index contributed by atoms with van der Waals surface area (Å²) in [6, 6.07) is 0.290. The van der Waals surface area contributed by atoms with Crippen molar-refractivity contribution in [2.45, 2.75) is 56.8 Å². The number of thiazole rings is 1. The average Bonchev–Trinajstić information content (AvgIpc) is 3.13. The van der Waals surface area contributed by atoms with Crippen LogP contribution in [0.15, 0.2) is 5.38 Å². The molecule has 1 aromatic rings. The molecular weight excluding hydrogens is 327 g/mol. The molecule has 2 aliphatic rings. The molecular formula is C15H20F3N3OS. The third kappa shape index (κ3) is 4.03. The number of alkyl halides is 3. The van der Waals surface area contributed by atoms with Crippen LogP contribution in [0.1, 0.15) is 42.8 Å². The Balaban J connectivity index is 1.44. The number of hydrogen-bond acceptors (Lipinski definition) is 4. The number of rotatable bonds is 4. The standard InChI is InChI=1S/C15H20F3N3OS/c16-15(17,18)12-8-23-13(21-12)5-6-19-14(22)11-7-9-3-1-2-4-10(9)20-11/h8-11,20H,1-7H2,(H,19,22). The second-order valence-corrected chi connectivity index (χ2v) is 7.21. The van der Waals surface area contributed by atoms with Crippen LogP contribution in [0.2, 0.25) is 0 Å². The molecule has 1 amide bonds. The highest BCUT2D eigenvalue weighted by Gasteiger charge is 2.38. The van der Waals surface area contributed by atoms with E-state index >= 15 is 0 Å². The molecule has 1 aromatic heterocycles. The maximum absolute atomic E-state index is 12.5. The molecule has 1 saturated carbocycles. The zero-order valence-electron chi connectivity index (χ0n) is 12.7. The SMILES string of the molecule is O=C(NCCc1nc(C(F)(F)F)cs1)C1CC2CCCCC2N1. The number of nitrogens with zero attached hydrogens (tertiary/aromatic N) is 1. The summed E-state index contributed by atoms with van der Waals surface area (Å²) in [5.74, 6) is 0.541. The minimum Gasteiger partial charge on any atom is -0.354 e. The molecule has 128 valence electrons. The summed E-state index contributed by atoms with van der Waals surface area (Å²) >= 11 is 0.979. The smallest absolute Gasteiger partial charge is 0.354 e. The molecule has 3 rings (SSSR count). The second kappa shape index (κ2) is 6.76. The highest BCUT2D eigenvalue weighted by molar-refractivity contribution is 7.09. The van der Waals surface area contributed by atoms with Gasteiger partial charge in [0.25, 0.3) is 0 Å². The number of nitrogens with one attached hydrogen (secondary N) is 2. The van der Waals surface area contributed by atoms with E-state index in [1.165, 1.54) is 19.3 Å². The summed E-state index contributed by atoms with van der Waals surface area (Å²) in [4.78, 5) is 15.7. The first-order valence-electron chi connectivity index (χ1n) is 7.99. The number of fused-ring (bicyclic) bond motifs is 1. The Kier molecular flexibility index (Phi) is 4.91. The van der Waals surface area contributed by atoms with Crippen molar-refractivity contribution in [2.75, 3.05) is 6.54 Å². The van der Waals surface area contributed by atoms with Crippen molar-refractivity contribution in [1.82, 2.24) is 15.6 Å². The number of amides is 1. The monoisotopic (exact) mass is 347 g/mol. The summed E-state index contributed by atoms with van der Waals surface area (Å²) in [7, 11) is 0. The van der Waals surface area contributed by atoms with Gasteiger partial charge in [-0.05, 0) is 25.2 Å². The van der Waals surface area contributed by atoms with E-state index in [2.05, 4.69) is 15.6 Å². The number of carbonyl (C=O) groups excluding carboxylic acids is 1. The van der Waals surface area contributed by atoms with Crippen LogP contribution < -0.4 is 10.6 Å². The van der Waals surface area contributed by atoms with Gasteiger partial charge in [0.1, 0.15) is 0 Å². The zero-order valence-corrected chi connectivity index (χ0v) is 13.5. The van der Waals surface area contributed by atoms with Gasteiger partial charge in [0.05, 0.1) is 11.0 Å². The fourth-order valence-corrected chi connectivity index (χ4v) is 4.30. The van der Waals surface area contributed by atoms with Crippen LogP contribution in [0.5, 0.6) is 0 Å². The third-order valence-corrected chi connectivity index (χ3v) is 5.57. The number of hydrogen-bond donors (Lipinski definition) is 2. The molecule has 2 heterocycles. The highest BCUT2D eigenvalue weighted by Crippen LogP contribution is 2.33. The molecule has 3 unspecified atom stereocenters. The average molecular weight is 347 g/mol. The van der Waals surface area contributed by atoms with Gasteiger partial charge in [-0.25, -0.2) is 4.98 Å². The van der Waals surface area contributed by atoms with Gasteiger partial charge in [-0.3, -0.25) is 4.79 Å². The topological polar surface area (TPSA) is 54.0 Å². The van der Waals surface area contributed by atoms with E-state index in [0.717, 1.165) is 29.6 Å². The fraction of sp³-hybridized carbons (Fsp3) is 0.733. The van der Waals surface area contributed by atoms with E-state index in [4.69, 9.17) is 0 Å².